The Bertz CT molecular complexity index is 560. The van der Waals surface area contributed by atoms with Gasteiger partial charge in [-0.25, -0.2) is 0 Å². The minimum atomic E-state index is -1.88. The second-order valence-corrected chi connectivity index (χ2v) is 12.7. The van der Waals surface area contributed by atoms with E-state index in [-0.39, 0.29) is 16.9 Å². The van der Waals surface area contributed by atoms with E-state index in [0.717, 1.165) is 18.4 Å². The molecule has 0 heterocycles. The monoisotopic (exact) mass is 340 g/mol. The molecule has 0 spiro atoms. The molecule has 0 bridgehead atoms. The average molecular weight is 341 g/mol. The highest BCUT2D eigenvalue weighted by Gasteiger charge is 2.37. The van der Waals surface area contributed by atoms with E-state index in [1.54, 1.807) is 18.2 Å². The largest absolute Gasteiger partial charge is 0.426 e. The fraction of sp³-hybridized carbons (Fsp3) is 0.588. The van der Waals surface area contributed by atoms with Crippen LogP contribution in [-0.2, 0) is 15.8 Å². The molecule has 0 radical (unpaired) electrons. The van der Waals surface area contributed by atoms with E-state index in [9.17, 15) is 4.79 Å². The highest BCUT2D eigenvalue weighted by Crippen LogP contribution is 2.39. The van der Waals surface area contributed by atoms with Gasteiger partial charge in [0.05, 0.1) is 12.5 Å². The summed E-state index contributed by atoms with van der Waals surface area (Å²) in [5, 5.41) is 0.707. The molecule has 1 aliphatic carbocycles. The maximum atomic E-state index is 11.9. The fourth-order valence-electron chi connectivity index (χ4n) is 1.75. The van der Waals surface area contributed by atoms with Gasteiger partial charge in [-0.05, 0) is 43.1 Å². The molecule has 1 saturated carbocycles. The SMILES string of the molecule is CC(C)(C)[Si](C)(C)OCc1c(Cl)cccc1OC(=O)C1CC1. The Labute approximate surface area is 139 Å². The van der Waals surface area contributed by atoms with Gasteiger partial charge in [0.2, 0.25) is 0 Å². The molecule has 2 rings (SSSR count). The van der Waals surface area contributed by atoms with E-state index in [2.05, 4.69) is 33.9 Å². The van der Waals surface area contributed by atoms with Crippen LogP contribution in [0.2, 0.25) is 23.2 Å². The Hall–Kier alpha value is -0.843. The molecule has 3 nitrogen and oxygen atoms in total. The summed E-state index contributed by atoms with van der Waals surface area (Å²) >= 11 is 6.30. The predicted octanol–water partition coefficient (Wildman–Crippen LogP) is 5.18. The van der Waals surface area contributed by atoms with Crippen LogP contribution in [-0.4, -0.2) is 14.3 Å². The quantitative estimate of drug-likeness (QED) is 0.421. The third-order valence-corrected chi connectivity index (χ3v) is 9.41. The molecule has 1 fully saturated rings. The zero-order valence-electron chi connectivity index (χ0n) is 14.0. The van der Waals surface area contributed by atoms with Crippen LogP contribution in [0.25, 0.3) is 0 Å². The minimum Gasteiger partial charge on any atom is -0.426 e. The van der Waals surface area contributed by atoms with E-state index in [1.165, 1.54) is 0 Å². The molecule has 1 aliphatic rings. The molecule has 0 saturated heterocycles. The van der Waals surface area contributed by atoms with Crippen molar-refractivity contribution in [2.45, 2.75) is 58.4 Å². The first-order valence-electron chi connectivity index (χ1n) is 7.75. The van der Waals surface area contributed by atoms with Crippen molar-refractivity contribution in [3.63, 3.8) is 0 Å². The number of esters is 1. The van der Waals surface area contributed by atoms with Crippen LogP contribution >= 0.6 is 11.6 Å². The zero-order valence-corrected chi connectivity index (χ0v) is 15.8. The number of rotatable bonds is 5. The summed E-state index contributed by atoms with van der Waals surface area (Å²) in [6, 6.07) is 5.39. The van der Waals surface area contributed by atoms with Gasteiger partial charge in [-0.15, -0.1) is 0 Å². The average Bonchev–Trinajstić information content (AvgIpc) is 3.20. The van der Waals surface area contributed by atoms with Gasteiger partial charge in [-0.1, -0.05) is 38.4 Å². The summed E-state index contributed by atoms with van der Waals surface area (Å²) in [6.45, 7) is 11.3. The molecule has 1 aromatic rings. The van der Waals surface area contributed by atoms with E-state index in [1.807, 2.05) is 0 Å². The third-order valence-electron chi connectivity index (χ3n) is 4.58. The maximum Gasteiger partial charge on any atom is 0.314 e. The normalized spacial score (nSPS) is 15.7. The Kier molecular flexibility index (Phi) is 5.05. The van der Waals surface area contributed by atoms with Gasteiger partial charge >= 0.3 is 5.97 Å². The van der Waals surface area contributed by atoms with Crippen LogP contribution in [0.3, 0.4) is 0 Å². The second kappa shape index (κ2) is 6.34. The topological polar surface area (TPSA) is 35.5 Å². The molecular weight excluding hydrogens is 316 g/mol. The van der Waals surface area contributed by atoms with Crippen LogP contribution in [0.1, 0.15) is 39.2 Å². The van der Waals surface area contributed by atoms with Crippen LogP contribution in [0, 0.1) is 5.92 Å². The van der Waals surface area contributed by atoms with Crippen molar-refractivity contribution in [1.29, 1.82) is 0 Å². The number of carbonyl (C=O) groups is 1. The summed E-state index contributed by atoms with van der Waals surface area (Å²) in [6.07, 6.45) is 1.85. The number of halogens is 1. The number of ether oxygens (including phenoxy) is 1. The molecule has 22 heavy (non-hydrogen) atoms. The zero-order chi connectivity index (χ0) is 16.5. The van der Waals surface area contributed by atoms with Gasteiger partial charge in [-0.2, -0.15) is 0 Å². The molecule has 0 atom stereocenters. The molecule has 1 aromatic carbocycles. The third kappa shape index (κ3) is 4.12. The first-order chi connectivity index (χ1) is 10.1. The first kappa shape index (κ1) is 17.5. The van der Waals surface area contributed by atoms with Gasteiger partial charge < -0.3 is 9.16 Å². The summed E-state index contributed by atoms with van der Waals surface area (Å²) in [7, 11) is -1.88. The van der Waals surface area contributed by atoms with Crippen LogP contribution in [0.15, 0.2) is 18.2 Å². The smallest absolute Gasteiger partial charge is 0.314 e. The highest BCUT2D eigenvalue weighted by atomic mass is 35.5. The van der Waals surface area contributed by atoms with Crippen molar-refractivity contribution in [3.8, 4) is 5.75 Å². The Morgan fingerprint density at radius 2 is 1.95 bits per heavy atom. The van der Waals surface area contributed by atoms with E-state index < -0.39 is 8.32 Å². The van der Waals surface area contributed by atoms with Gasteiger partial charge in [0.1, 0.15) is 5.75 Å². The summed E-state index contributed by atoms with van der Waals surface area (Å²) in [5.74, 6) is 0.437. The van der Waals surface area contributed by atoms with Gasteiger partial charge in [0.25, 0.3) is 0 Å². The standard InChI is InChI=1S/C17H25ClO3Si/c1-17(2,3)22(4,5)20-11-13-14(18)7-6-8-15(13)21-16(19)12-9-10-12/h6-8,12H,9-11H2,1-5H3. The van der Waals surface area contributed by atoms with Gasteiger partial charge in [-0.3, -0.25) is 4.79 Å². The number of carbonyl (C=O) groups excluding carboxylic acids is 1. The lowest BCUT2D eigenvalue weighted by atomic mass is 10.2. The van der Waals surface area contributed by atoms with Crippen molar-refractivity contribution in [3.05, 3.63) is 28.8 Å². The van der Waals surface area contributed by atoms with Gasteiger partial charge in [0.15, 0.2) is 8.32 Å². The lowest BCUT2D eigenvalue weighted by Gasteiger charge is -2.36. The lowest BCUT2D eigenvalue weighted by Crippen LogP contribution is -2.40. The van der Waals surface area contributed by atoms with E-state index >= 15 is 0 Å². The molecule has 122 valence electrons. The van der Waals surface area contributed by atoms with Crippen molar-refractivity contribution < 1.29 is 14.0 Å². The van der Waals surface area contributed by atoms with Crippen LogP contribution in [0.4, 0.5) is 0 Å². The second-order valence-electron chi connectivity index (χ2n) is 7.46. The number of hydrogen-bond donors (Lipinski definition) is 0. The minimum absolute atomic E-state index is 0.0631. The number of hydrogen-bond acceptors (Lipinski definition) is 3. The number of benzene rings is 1. The summed E-state index contributed by atoms with van der Waals surface area (Å²) in [5.41, 5.74) is 0.767. The van der Waals surface area contributed by atoms with Gasteiger partial charge in [0, 0.05) is 10.6 Å². The first-order valence-corrected chi connectivity index (χ1v) is 11.0. The molecule has 0 aromatic heterocycles. The summed E-state index contributed by atoms with van der Waals surface area (Å²) < 4.78 is 11.7. The fourth-order valence-corrected chi connectivity index (χ4v) is 2.91. The van der Waals surface area contributed by atoms with Crippen molar-refractivity contribution >= 4 is 25.9 Å². The Balaban J connectivity index is 2.14. The Morgan fingerprint density at radius 1 is 1.32 bits per heavy atom. The lowest BCUT2D eigenvalue weighted by molar-refractivity contribution is -0.135. The Morgan fingerprint density at radius 3 is 2.50 bits per heavy atom. The summed E-state index contributed by atoms with van der Waals surface area (Å²) in [4.78, 5) is 11.9. The van der Waals surface area contributed by atoms with Crippen molar-refractivity contribution in [2.24, 2.45) is 5.92 Å². The molecule has 0 aliphatic heterocycles. The maximum absolute atomic E-state index is 11.9. The van der Waals surface area contributed by atoms with Crippen molar-refractivity contribution in [1.82, 2.24) is 0 Å². The molecule has 0 N–H and O–H groups in total. The van der Waals surface area contributed by atoms with Crippen LogP contribution in [0.5, 0.6) is 5.75 Å². The highest BCUT2D eigenvalue weighted by molar-refractivity contribution is 6.74. The molecular formula is C17H25ClO3Si. The van der Waals surface area contributed by atoms with Crippen molar-refractivity contribution in [2.75, 3.05) is 0 Å². The molecule has 5 heteroatoms. The van der Waals surface area contributed by atoms with E-state index in [0.29, 0.717) is 17.4 Å². The van der Waals surface area contributed by atoms with Crippen LogP contribution < -0.4 is 4.74 Å². The molecule has 0 unspecified atom stereocenters. The molecule has 0 amide bonds. The van der Waals surface area contributed by atoms with E-state index in [4.69, 9.17) is 20.8 Å². The predicted molar refractivity (Wildman–Crippen MR) is 91.8 cm³/mol.